The highest BCUT2D eigenvalue weighted by Crippen LogP contribution is 2.30. The van der Waals surface area contributed by atoms with Crippen molar-refractivity contribution < 1.29 is 14.2 Å². The Hall–Kier alpha value is -2.90. The topological polar surface area (TPSA) is 63.8 Å². The van der Waals surface area contributed by atoms with Crippen LogP contribution in [0.2, 0.25) is 5.02 Å². The lowest BCUT2D eigenvalue weighted by atomic mass is 10.2. The van der Waals surface area contributed by atoms with E-state index in [2.05, 4.69) is 4.98 Å². The van der Waals surface area contributed by atoms with E-state index in [0.717, 1.165) is 11.6 Å². The fourth-order valence-electron chi connectivity index (χ4n) is 2.70. The third kappa shape index (κ3) is 3.15. The van der Waals surface area contributed by atoms with Crippen LogP contribution in [-0.2, 0) is 0 Å². The standard InChI is InChI=1S/C19H12ClFN2O3S/c1-26-15-6-10(5-13(21)17(15)24)7-16-18(25)23-9-14(22-19(23)27-16)11-3-2-4-12(20)8-11/h2-9,24H,1H3/b16-7-. The molecule has 0 bridgehead atoms. The molecule has 0 saturated carbocycles. The Morgan fingerprint density at radius 3 is 2.85 bits per heavy atom. The van der Waals surface area contributed by atoms with Gasteiger partial charge in [0.15, 0.2) is 22.3 Å². The van der Waals surface area contributed by atoms with E-state index in [1.807, 2.05) is 12.1 Å². The molecule has 0 aliphatic rings. The summed E-state index contributed by atoms with van der Waals surface area (Å²) in [5.41, 5.74) is 1.60. The monoisotopic (exact) mass is 402 g/mol. The lowest BCUT2D eigenvalue weighted by Gasteiger charge is -2.04. The van der Waals surface area contributed by atoms with Gasteiger partial charge in [-0.15, -0.1) is 0 Å². The van der Waals surface area contributed by atoms with Crippen molar-refractivity contribution in [2.75, 3.05) is 7.11 Å². The molecule has 0 aliphatic heterocycles. The number of nitrogens with zero attached hydrogens (tertiary/aromatic N) is 2. The van der Waals surface area contributed by atoms with E-state index in [1.165, 1.54) is 35.0 Å². The minimum atomic E-state index is -0.822. The van der Waals surface area contributed by atoms with E-state index in [0.29, 0.717) is 25.8 Å². The zero-order chi connectivity index (χ0) is 19.1. The molecule has 136 valence electrons. The van der Waals surface area contributed by atoms with Crippen molar-refractivity contribution in [3.63, 3.8) is 0 Å². The van der Waals surface area contributed by atoms with E-state index >= 15 is 0 Å². The van der Waals surface area contributed by atoms with Gasteiger partial charge in [0.05, 0.1) is 17.3 Å². The fraction of sp³-hybridized carbons (Fsp3) is 0.0526. The molecule has 2 aromatic heterocycles. The van der Waals surface area contributed by atoms with Gasteiger partial charge in [-0.3, -0.25) is 9.20 Å². The van der Waals surface area contributed by atoms with E-state index < -0.39 is 11.6 Å². The van der Waals surface area contributed by atoms with E-state index in [1.54, 1.807) is 18.3 Å². The van der Waals surface area contributed by atoms with Crippen LogP contribution < -0.4 is 14.8 Å². The minimum absolute atomic E-state index is 0.00160. The smallest absolute Gasteiger partial charge is 0.274 e. The maximum atomic E-state index is 13.8. The molecule has 1 N–H and O–H groups in total. The van der Waals surface area contributed by atoms with Crippen LogP contribution in [0, 0.1) is 5.82 Å². The quantitative estimate of drug-likeness (QED) is 0.570. The number of ether oxygens (including phenoxy) is 1. The summed E-state index contributed by atoms with van der Waals surface area (Å²) in [5.74, 6) is -1.39. The predicted octanol–water partition coefficient (Wildman–Crippen LogP) is 3.48. The first-order valence-corrected chi connectivity index (χ1v) is 9.02. The number of imidazole rings is 1. The summed E-state index contributed by atoms with van der Waals surface area (Å²) in [5, 5.41) is 10.2. The number of benzene rings is 2. The summed E-state index contributed by atoms with van der Waals surface area (Å²) < 4.78 is 20.6. The van der Waals surface area contributed by atoms with E-state index in [4.69, 9.17) is 16.3 Å². The van der Waals surface area contributed by atoms with E-state index in [9.17, 15) is 14.3 Å². The molecule has 2 heterocycles. The second-order valence-corrected chi connectivity index (χ2v) is 7.20. The Morgan fingerprint density at radius 1 is 1.33 bits per heavy atom. The molecule has 8 heteroatoms. The number of hydrogen-bond acceptors (Lipinski definition) is 5. The van der Waals surface area contributed by atoms with Crippen molar-refractivity contribution in [3.05, 3.63) is 73.9 Å². The zero-order valence-electron chi connectivity index (χ0n) is 13.9. The van der Waals surface area contributed by atoms with Gasteiger partial charge in [0.1, 0.15) is 0 Å². The number of rotatable bonds is 3. The molecule has 0 unspecified atom stereocenters. The summed E-state index contributed by atoms with van der Waals surface area (Å²) in [7, 11) is 1.33. The Balaban J connectivity index is 1.82. The summed E-state index contributed by atoms with van der Waals surface area (Å²) in [6.07, 6.45) is 3.18. The lowest BCUT2D eigenvalue weighted by Crippen LogP contribution is -2.22. The highest BCUT2D eigenvalue weighted by atomic mass is 35.5. The summed E-state index contributed by atoms with van der Waals surface area (Å²) in [6.45, 7) is 0. The van der Waals surface area contributed by atoms with Crippen molar-refractivity contribution in [2.45, 2.75) is 0 Å². The predicted molar refractivity (Wildman–Crippen MR) is 103 cm³/mol. The maximum Gasteiger partial charge on any atom is 0.274 e. The van der Waals surface area contributed by atoms with Gasteiger partial charge in [0, 0.05) is 16.8 Å². The van der Waals surface area contributed by atoms with Crippen LogP contribution in [0.4, 0.5) is 4.39 Å². The molecule has 5 nitrogen and oxygen atoms in total. The van der Waals surface area contributed by atoms with Gasteiger partial charge in [-0.1, -0.05) is 35.1 Å². The molecular formula is C19H12ClFN2O3S. The molecule has 27 heavy (non-hydrogen) atoms. The van der Waals surface area contributed by atoms with Crippen molar-refractivity contribution in [1.82, 2.24) is 9.38 Å². The molecule has 4 aromatic rings. The summed E-state index contributed by atoms with van der Waals surface area (Å²) in [4.78, 5) is 17.6. The number of phenolic OH excluding ortho intramolecular Hbond substituents is 1. The van der Waals surface area contributed by atoms with Crippen LogP contribution in [-0.4, -0.2) is 21.6 Å². The molecule has 0 atom stereocenters. The fourth-order valence-corrected chi connectivity index (χ4v) is 3.85. The lowest BCUT2D eigenvalue weighted by molar-refractivity contribution is 0.357. The molecule has 4 rings (SSSR count). The first-order chi connectivity index (χ1) is 13.0. The number of hydrogen-bond donors (Lipinski definition) is 1. The Morgan fingerprint density at radius 2 is 2.15 bits per heavy atom. The first kappa shape index (κ1) is 17.5. The Bertz CT molecular complexity index is 1280. The average Bonchev–Trinajstić information content (AvgIpc) is 3.18. The highest BCUT2D eigenvalue weighted by molar-refractivity contribution is 7.15. The minimum Gasteiger partial charge on any atom is -0.502 e. The molecule has 2 aromatic carbocycles. The summed E-state index contributed by atoms with van der Waals surface area (Å²) in [6, 6.07) is 9.81. The van der Waals surface area contributed by atoms with Gasteiger partial charge in [-0.25, -0.2) is 9.37 Å². The average molecular weight is 403 g/mol. The van der Waals surface area contributed by atoms with E-state index in [-0.39, 0.29) is 11.3 Å². The number of halogens is 2. The molecule has 0 saturated heterocycles. The number of phenols is 1. The Kier molecular flexibility index (Phi) is 4.33. The van der Waals surface area contributed by atoms with Gasteiger partial charge >= 0.3 is 0 Å². The van der Waals surface area contributed by atoms with Crippen molar-refractivity contribution in [2.24, 2.45) is 0 Å². The molecular weight excluding hydrogens is 391 g/mol. The molecule has 0 fully saturated rings. The van der Waals surface area contributed by atoms with Crippen molar-refractivity contribution in [3.8, 4) is 22.8 Å². The third-order valence-corrected chi connectivity index (χ3v) is 5.21. The number of fused-ring (bicyclic) bond motifs is 1. The van der Waals surface area contributed by atoms with Gasteiger partial charge in [-0.05, 0) is 35.9 Å². The van der Waals surface area contributed by atoms with Crippen LogP contribution >= 0.6 is 22.9 Å². The van der Waals surface area contributed by atoms with Gasteiger partial charge in [0.25, 0.3) is 5.56 Å². The first-order valence-electron chi connectivity index (χ1n) is 7.82. The zero-order valence-corrected chi connectivity index (χ0v) is 15.5. The van der Waals surface area contributed by atoms with Crippen molar-refractivity contribution >= 4 is 34.0 Å². The summed E-state index contributed by atoms with van der Waals surface area (Å²) >= 11 is 7.19. The van der Waals surface area contributed by atoms with Gasteiger partial charge in [0.2, 0.25) is 0 Å². The van der Waals surface area contributed by atoms with Gasteiger partial charge < -0.3 is 9.84 Å². The number of methoxy groups -OCH3 is 1. The maximum absolute atomic E-state index is 13.8. The largest absolute Gasteiger partial charge is 0.502 e. The second-order valence-electron chi connectivity index (χ2n) is 5.76. The highest BCUT2D eigenvalue weighted by Gasteiger charge is 2.12. The molecule has 0 spiro atoms. The van der Waals surface area contributed by atoms with Gasteiger partial charge in [-0.2, -0.15) is 0 Å². The number of aromatic nitrogens is 2. The molecule has 0 radical (unpaired) electrons. The van der Waals surface area contributed by atoms with Crippen LogP contribution in [0.1, 0.15) is 5.56 Å². The molecule has 0 amide bonds. The van der Waals surface area contributed by atoms with Crippen molar-refractivity contribution in [1.29, 1.82) is 0 Å². The SMILES string of the molecule is COc1cc(/C=c2\sc3nc(-c4cccc(Cl)c4)cn3c2=O)cc(F)c1O. The van der Waals surface area contributed by atoms with Crippen LogP contribution in [0.5, 0.6) is 11.5 Å². The second kappa shape index (κ2) is 6.68. The number of thiazole rings is 1. The van der Waals surface area contributed by atoms with Crippen LogP contribution in [0.15, 0.2) is 47.4 Å². The van der Waals surface area contributed by atoms with Crippen LogP contribution in [0.25, 0.3) is 22.3 Å². The Labute approximate surface area is 161 Å². The third-order valence-electron chi connectivity index (χ3n) is 3.99. The molecule has 0 aliphatic carbocycles. The number of aromatic hydroxyl groups is 1. The normalized spacial score (nSPS) is 12.0. The van der Waals surface area contributed by atoms with Crippen LogP contribution in [0.3, 0.4) is 0 Å².